The molecular weight excluding hydrogens is 290 g/mol. The van der Waals surface area contributed by atoms with Crippen molar-refractivity contribution in [2.24, 2.45) is 11.3 Å². The van der Waals surface area contributed by atoms with Crippen LogP contribution in [-0.2, 0) is 6.54 Å². The minimum Gasteiger partial charge on any atom is -0.396 e. The monoisotopic (exact) mass is 311 g/mol. The first-order valence-electron chi connectivity index (χ1n) is 8.08. The third-order valence-electron chi connectivity index (χ3n) is 5.45. The molecule has 5 nitrogen and oxygen atoms in total. The highest BCUT2D eigenvalue weighted by molar-refractivity contribution is 5.36. The van der Waals surface area contributed by atoms with E-state index in [-0.39, 0.29) is 23.9 Å². The second-order valence-electron chi connectivity index (χ2n) is 6.64. The first-order chi connectivity index (χ1) is 11.3. The van der Waals surface area contributed by atoms with E-state index >= 15 is 0 Å². The van der Waals surface area contributed by atoms with Gasteiger partial charge in [0.25, 0.3) is 0 Å². The molecule has 1 aliphatic heterocycles. The number of likely N-dealkylation sites (tertiary alicyclic amines) is 1. The maximum Gasteiger partial charge on any atom is 0.142 e. The third kappa shape index (κ3) is 2.36. The summed E-state index contributed by atoms with van der Waals surface area (Å²) >= 11 is 0. The quantitative estimate of drug-likeness (QED) is 0.883. The zero-order valence-corrected chi connectivity index (χ0v) is 12.9. The number of nitrogens with zero attached hydrogens (tertiary/aromatic N) is 3. The van der Waals surface area contributed by atoms with Crippen LogP contribution in [0.5, 0.6) is 0 Å². The van der Waals surface area contributed by atoms with Gasteiger partial charge in [-0.15, -0.1) is 0 Å². The number of benzene rings is 1. The number of aliphatic hydroxyl groups is 2. The lowest BCUT2D eigenvalue weighted by atomic mass is 9.95. The van der Waals surface area contributed by atoms with E-state index in [1.54, 1.807) is 18.5 Å². The van der Waals surface area contributed by atoms with E-state index in [0.29, 0.717) is 13.1 Å². The Hall–Kier alpha value is -1.82. The Bertz CT molecular complexity index is 666. The number of rotatable bonds is 4. The minimum absolute atomic E-state index is 0.117. The summed E-state index contributed by atoms with van der Waals surface area (Å²) in [6, 6.07) is 12.0. The minimum atomic E-state index is -0.423. The van der Waals surface area contributed by atoms with Gasteiger partial charge in [-0.2, -0.15) is 0 Å². The second kappa shape index (κ2) is 5.67. The number of aliphatic hydroxyl groups excluding tert-OH is 2. The number of hydrogen-bond donors (Lipinski definition) is 2. The fourth-order valence-corrected chi connectivity index (χ4v) is 4.39. The van der Waals surface area contributed by atoms with E-state index in [1.807, 2.05) is 18.2 Å². The fraction of sp³-hybridized carbons (Fsp3) is 0.444. The molecule has 1 aliphatic carbocycles. The molecule has 2 aliphatic rings. The highest BCUT2D eigenvalue weighted by Crippen LogP contribution is 2.68. The van der Waals surface area contributed by atoms with Gasteiger partial charge in [-0.3, -0.25) is 4.90 Å². The van der Waals surface area contributed by atoms with E-state index in [9.17, 15) is 10.2 Å². The van der Waals surface area contributed by atoms with Crippen LogP contribution in [0.3, 0.4) is 0 Å². The molecule has 2 N–H and O–H groups in total. The highest BCUT2D eigenvalue weighted by Gasteiger charge is 2.70. The topological polar surface area (TPSA) is 69.5 Å². The summed E-state index contributed by atoms with van der Waals surface area (Å²) in [5.74, 6) is 1.13. The van der Waals surface area contributed by atoms with Crippen molar-refractivity contribution in [1.82, 2.24) is 14.9 Å². The molecule has 0 radical (unpaired) electrons. The standard InChI is InChI=1S/C18H21N3O2/c22-11-14-17(13-5-2-1-3-6-13)18(14)12-21(9-15(18)23)10-16-19-7-4-8-20-16/h1-8,14-15,17,22-23H,9-12H2/t14-,15+,17-,18-/m1/s1. The van der Waals surface area contributed by atoms with E-state index in [1.165, 1.54) is 5.56 Å². The molecule has 4 rings (SSSR count). The van der Waals surface area contributed by atoms with Gasteiger partial charge in [-0.1, -0.05) is 30.3 Å². The maximum absolute atomic E-state index is 10.7. The van der Waals surface area contributed by atoms with Gasteiger partial charge >= 0.3 is 0 Å². The maximum atomic E-state index is 10.7. The molecule has 1 spiro atoms. The molecule has 2 fully saturated rings. The Morgan fingerprint density at radius 1 is 1.13 bits per heavy atom. The van der Waals surface area contributed by atoms with Crippen LogP contribution in [0.2, 0.25) is 0 Å². The zero-order chi connectivity index (χ0) is 15.9. The van der Waals surface area contributed by atoms with Gasteiger partial charge in [-0.05, 0) is 23.5 Å². The molecule has 23 heavy (non-hydrogen) atoms. The Morgan fingerprint density at radius 2 is 1.87 bits per heavy atom. The first-order valence-corrected chi connectivity index (χ1v) is 8.08. The molecule has 0 unspecified atom stereocenters. The SMILES string of the molecule is OC[C@@H]1[C@@H](c2ccccc2)[C@]12CN(Cc1ncccn1)C[C@@H]2O. The van der Waals surface area contributed by atoms with Gasteiger partial charge in [-0.25, -0.2) is 9.97 Å². The van der Waals surface area contributed by atoms with Crippen molar-refractivity contribution in [3.05, 3.63) is 60.2 Å². The molecule has 0 amide bonds. The number of hydrogen-bond acceptors (Lipinski definition) is 5. The summed E-state index contributed by atoms with van der Waals surface area (Å²) in [6.07, 6.45) is 3.06. The van der Waals surface area contributed by atoms with Crippen LogP contribution in [0.25, 0.3) is 0 Å². The van der Waals surface area contributed by atoms with Gasteiger partial charge in [0, 0.05) is 37.5 Å². The summed E-state index contributed by atoms with van der Waals surface area (Å²) in [7, 11) is 0. The van der Waals surface area contributed by atoms with Crippen molar-refractivity contribution >= 4 is 0 Å². The lowest BCUT2D eigenvalue weighted by molar-refractivity contribution is 0.111. The second-order valence-corrected chi connectivity index (χ2v) is 6.64. The summed E-state index contributed by atoms with van der Waals surface area (Å²) in [6.45, 7) is 2.14. The third-order valence-corrected chi connectivity index (χ3v) is 5.45. The van der Waals surface area contributed by atoms with Crippen molar-refractivity contribution < 1.29 is 10.2 Å². The average molecular weight is 311 g/mol. The average Bonchev–Trinajstić information content (AvgIpc) is 3.13. The lowest BCUT2D eigenvalue weighted by Crippen LogP contribution is -2.23. The normalized spacial score (nSPS) is 33.2. The van der Waals surface area contributed by atoms with Crippen LogP contribution in [0.4, 0.5) is 0 Å². The Labute approximate surface area is 135 Å². The molecule has 120 valence electrons. The lowest BCUT2D eigenvalue weighted by Gasteiger charge is -2.15. The van der Waals surface area contributed by atoms with E-state index in [2.05, 4.69) is 27.0 Å². The van der Waals surface area contributed by atoms with Gasteiger partial charge in [0.2, 0.25) is 0 Å². The predicted molar refractivity (Wildman–Crippen MR) is 85.5 cm³/mol. The van der Waals surface area contributed by atoms with Crippen LogP contribution in [0.15, 0.2) is 48.8 Å². The smallest absolute Gasteiger partial charge is 0.142 e. The largest absolute Gasteiger partial charge is 0.396 e. The van der Waals surface area contributed by atoms with Crippen LogP contribution >= 0.6 is 0 Å². The number of aromatic nitrogens is 2. The molecule has 5 heteroatoms. The summed E-state index contributed by atoms with van der Waals surface area (Å²) in [5.41, 5.74) is 0.980. The molecule has 1 saturated heterocycles. The van der Waals surface area contributed by atoms with Gasteiger partial charge < -0.3 is 10.2 Å². The van der Waals surface area contributed by atoms with E-state index in [4.69, 9.17) is 0 Å². The van der Waals surface area contributed by atoms with E-state index in [0.717, 1.165) is 12.4 Å². The van der Waals surface area contributed by atoms with E-state index < -0.39 is 6.10 Å². The summed E-state index contributed by atoms with van der Waals surface area (Å²) in [5, 5.41) is 20.5. The van der Waals surface area contributed by atoms with Crippen LogP contribution < -0.4 is 0 Å². The van der Waals surface area contributed by atoms with Crippen molar-refractivity contribution in [2.75, 3.05) is 19.7 Å². The van der Waals surface area contributed by atoms with Gasteiger partial charge in [0.05, 0.1) is 12.6 Å². The highest BCUT2D eigenvalue weighted by atomic mass is 16.3. The predicted octanol–water partition coefficient (Wildman–Crippen LogP) is 1.05. The Kier molecular flexibility index (Phi) is 3.64. The molecule has 4 atom stereocenters. The van der Waals surface area contributed by atoms with Gasteiger partial charge in [0.1, 0.15) is 5.82 Å². The molecule has 2 heterocycles. The summed E-state index contributed by atoms with van der Waals surface area (Å²) in [4.78, 5) is 10.7. The number of β-amino-alcohol motifs (C(OH)–C–C–N with tert-alkyl or cyclic N) is 1. The van der Waals surface area contributed by atoms with Crippen LogP contribution in [0, 0.1) is 11.3 Å². The van der Waals surface area contributed by atoms with Crippen LogP contribution in [0.1, 0.15) is 17.3 Å². The molecular formula is C18H21N3O2. The van der Waals surface area contributed by atoms with Crippen molar-refractivity contribution in [1.29, 1.82) is 0 Å². The Balaban J connectivity index is 1.55. The summed E-state index contributed by atoms with van der Waals surface area (Å²) < 4.78 is 0. The van der Waals surface area contributed by atoms with Gasteiger partial charge in [0.15, 0.2) is 0 Å². The molecule has 1 aromatic carbocycles. The first kappa shape index (κ1) is 14.8. The van der Waals surface area contributed by atoms with Crippen molar-refractivity contribution in [3.8, 4) is 0 Å². The molecule has 0 bridgehead atoms. The zero-order valence-electron chi connectivity index (χ0n) is 12.9. The molecule has 2 aromatic rings. The van der Waals surface area contributed by atoms with Crippen molar-refractivity contribution in [3.63, 3.8) is 0 Å². The van der Waals surface area contributed by atoms with Crippen LogP contribution in [-0.4, -0.2) is 50.9 Å². The Morgan fingerprint density at radius 3 is 2.57 bits per heavy atom. The molecule has 1 saturated carbocycles. The van der Waals surface area contributed by atoms with Crippen molar-refractivity contribution in [2.45, 2.75) is 18.6 Å². The molecule has 1 aromatic heterocycles. The fourth-order valence-electron chi connectivity index (χ4n) is 4.39.